The van der Waals surface area contributed by atoms with Gasteiger partial charge in [-0.3, -0.25) is 0 Å². The molecule has 76 heavy (non-hydrogen) atoms. The third kappa shape index (κ3) is 6.59. The Kier molecular flexibility index (Phi) is 9.20. The Morgan fingerprint density at radius 1 is 0.250 bits per heavy atom. The molecule has 7 heteroatoms. The summed E-state index contributed by atoms with van der Waals surface area (Å²) in [5.41, 5.74) is 16.8. The Morgan fingerprint density at radius 3 is 1.49 bits per heavy atom. The maximum absolute atomic E-state index is 6.67. The molecule has 0 aliphatic carbocycles. The quantitative estimate of drug-likeness (QED) is 0.159. The molecule has 0 radical (unpaired) electrons. The molecule has 0 fully saturated rings. The number of benzene rings is 11. The van der Waals surface area contributed by atoms with Crippen LogP contribution in [-0.2, 0) is 0 Å². The number of hydrogen-bond acceptors (Lipinski definition) is 5. The Morgan fingerprint density at radius 2 is 0.724 bits per heavy atom. The summed E-state index contributed by atoms with van der Waals surface area (Å²) in [7, 11) is 0. The minimum absolute atomic E-state index is 0.546. The van der Waals surface area contributed by atoms with Crippen LogP contribution >= 0.6 is 0 Å². The Hall–Kier alpha value is -10.4. The number of rotatable bonds is 7. The second kappa shape index (κ2) is 16.6. The second-order valence-corrected chi connectivity index (χ2v) is 19.5. The fourth-order valence-electron chi connectivity index (χ4n) is 11.7. The summed E-state index contributed by atoms with van der Waals surface area (Å²) in [6.45, 7) is 0. The van der Waals surface area contributed by atoms with Gasteiger partial charge in [0.05, 0.1) is 22.1 Å². The van der Waals surface area contributed by atoms with Crippen LogP contribution in [0.4, 0.5) is 0 Å². The topological polar surface area (TPSA) is 74.8 Å². The van der Waals surface area contributed by atoms with Crippen LogP contribution in [0.15, 0.2) is 258 Å². The molecule has 0 N–H and O–H groups in total. The number of aromatic nitrogens is 5. The van der Waals surface area contributed by atoms with Crippen LogP contribution in [0.25, 0.3) is 155 Å². The van der Waals surface area contributed by atoms with Gasteiger partial charge in [-0.05, 0) is 119 Å². The zero-order valence-electron chi connectivity index (χ0n) is 40.7. The van der Waals surface area contributed by atoms with Gasteiger partial charge < -0.3 is 18.0 Å². The van der Waals surface area contributed by atoms with E-state index in [9.17, 15) is 0 Å². The van der Waals surface area contributed by atoms with Crippen LogP contribution in [-0.4, -0.2) is 24.1 Å². The van der Waals surface area contributed by atoms with Crippen molar-refractivity contribution < 1.29 is 8.83 Å². The lowest BCUT2D eigenvalue weighted by atomic mass is 9.99. The molecule has 0 saturated heterocycles. The van der Waals surface area contributed by atoms with Crippen LogP contribution in [0.1, 0.15) is 0 Å². The molecule has 0 aliphatic heterocycles. The Balaban J connectivity index is 0.871. The van der Waals surface area contributed by atoms with E-state index in [2.05, 4.69) is 228 Å². The summed E-state index contributed by atoms with van der Waals surface area (Å²) in [6, 6.07) is 87.4. The molecule has 11 aromatic carbocycles. The van der Waals surface area contributed by atoms with Gasteiger partial charge in [0.25, 0.3) is 0 Å². The maximum Gasteiger partial charge on any atom is 0.164 e. The fourth-order valence-corrected chi connectivity index (χ4v) is 11.7. The summed E-state index contributed by atoms with van der Waals surface area (Å²) < 4.78 is 17.7. The summed E-state index contributed by atoms with van der Waals surface area (Å²) in [5.74, 6) is 1.66. The highest BCUT2D eigenvalue weighted by atomic mass is 16.3. The van der Waals surface area contributed by atoms with Gasteiger partial charge in [0.2, 0.25) is 0 Å². The van der Waals surface area contributed by atoms with Gasteiger partial charge in [0.1, 0.15) is 22.3 Å². The van der Waals surface area contributed by atoms with Gasteiger partial charge in [0, 0.05) is 71.2 Å². The van der Waals surface area contributed by atoms with Crippen molar-refractivity contribution in [2.45, 2.75) is 0 Å². The summed E-state index contributed by atoms with van der Waals surface area (Å²) in [6.07, 6.45) is 0. The first-order chi connectivity index (χ1) is 37.6. The summed E-state index contributed by atoms with van der Waals surface area (Å²) >= 11 is 0. The van der Waals surface area contributed by atoms with Crippen LogP contribution in [0.2, 0.25) is 0 Å². The zero-order valence-corrected chi connectivity index (χ0v) is 40.7. The lowest BCUT2D eigenvalue weighted by Crippen LogP contribution is -2.01. The number of fused-ring (bicyclic) bond motifs is 12. The van der Waals surface area contributed by atoms with Gasteiger partial charge in [0.15, 0.2) is 17.5 Å². The van der Waals surface area contributed by atoms with E-state index in [1.807, 2.05) is 30.3 Å². The van der Waals surface area contributed by atoms with E-state index in [1.54, 1.807) is 0 Å². The third-order valence-electron chi connectivity index (χ3n) is 15.2. The SMILES string of the molecule is c1ccc(-n2c3ccccc3c3cc(-c4ccc5oc6cccc(-c7nc(-c8cccc(-c9ccc%10c(c9)oc9ccccc9%10)c8)nc(-c8cccc(-n9c%10ccccc%10c%10ccccc%109)c8)n7)c6c5c4)ccc32)cc1. The molecule has 0 atom stereocenters. The average molecular weight is 972 g/mol. The van der Waals surface area contributed by atoms with Gasteiger partial charge in [-0.15, -0.1) is 0 Å². The number of hydrogen-bond donors (Lipinski definition) is 0. The molecule has 0 unspecified atom stereocenters. The second-order valence-electron chi connectivity index (χ2n) is 19.5. The first kappa shape index (κ1) is 42.2. The van der Waals surface area contributed by atoms with E-state index in [0.717, 1.165) is 111 Å². The van der Waals surface area contributed by atoms with Crippen molar-refractivity contribution in [3.05, 3.63) is 249 Å². The number of para-hydroxylation sites is 5. The Bertz CT molecular complexity index is 4970. The Labute approximate surface area is 434 Å². The van der Waals surface area contributed by atoms with Crippen molar-refractivity contribution in [2.24, 2.45) is 0 Å². The highest BCUT2D eigenvalue weighted by Gasteiger charge is 2.21. The molecule has 0 bridgehead atoms. The van der Waals surface area contributed by atoms with Gasteiger partial charge >= 0.3 is 0 Å². The van der Waals surface area contributed by atoms with Crippen LogP contribution in [0, 0.1) is 0 Å². The minimum Gasteiger partial charge on any atom is -0.456 e. The molecule has 0 amide bonds. The van der Waals surface area contributed by atoms with Gasteiger partial charge in [-0.1, -0.05) is 152 Å². The zero-order chi connectivity index (χ0) is 49.8. The van der Waals surface area contributed by atoms with E-state index in [4.69, 9.17) is 23.8 Å². The molecule has 5 aromatic heterocycles. The normalized spacial score (nSPS) is 11.9. The highest BCUT2D eigenvalue weighted by Crippen LogP contribution is 2.42. The van der Waals surface area contributed by atoms with E-state index in [1.165, 1.54) is 27.1 Å². The first-order valence-corrected chi connectivity index (χ1v) is 25.6. The van der Waals surface area contributed by atoms with Crippen LogP contribution < -0.4 is 0 Å². The monoisotopic (exact) mass is 971 g/mol. The van der Waals surface area contributed by atoms with Crippen molar-refractivity contribution in [1.82, 2.24) is 24.1 Å². The van der Waals surface area contributed by atoms with Crippen molar-refractivity contribution in [1.29, 1.82) is 0 Å². The predicted molar refractivity (Wildman–Crippen MR) is 310 cm³/mol. The van der Waals surface area contributed by atoms with Crippen molar-refractivity contribution in [2.75, 3.05) is 0 Å². The van der Waals surface area contributed by atoms with Crippen molar-refractivity contribution in [3.63, 3.8) is 0 Å². The molecular weight excluding hydrogens is 931 g/mol. The van der Waals surface area contributed by atoms with Crippen LogP contribution in [0.3, 0.4) is 0 Å². The van der Waals surface area contributed by atoms with E-state index in [0.29, 0.717) is 17.5 Å². The molecule has 354 valence electrons. The molecule has 7 nitrogen and oxygen atoms in total. The van der Waals surface area contributed by atoms with E-state index in [-0.39, 0.29) is 0 Å². The fraction of sp³-hybridized carbons (Fsp3) is 0. The lowest BCUT2D eigenvalue weighted by Gasteiger charge is -2.12. The van der Waals surface area contributed by atoms with E-state index < -0.39 is 0 Å². The first-order valence-electron chi connectivity index (χ1n) is 25.6. The molecule has 5 heterocycles. The van der Waals surface area contributed by atoms with E-state index >= 15 is 0 Å². The molecule has 16 rings (SSSR count). The average Bonchev–Trinajstić information content (AvgIpc) is 4.27. The smallest absolute Gasteiger partial charge is 0.164 e. The van der Waals surface area contributed by atoms with Gasteiger partial charge in [-0.2, -0.15) is 0 Å². The van der Waals surface area contributed by atoms with Gasteiger partial charge in [-0.25, -0.2) is 15.0 Å². The standard InChI is InChI=1S/C69H41N5O2/c1-2-18-48(19-3-1)73-60-28-10-6-23-52(60)56-39-43(32-35-61(56)73)44-33-36-63-57(40-44)66-55(25-14-30-64(66)75-63)69-71-67(46-16-12-15-42(37-46)45-31-34-54-53-24-7-11-29-62(53)76-65(54)41-45)70-68(72-69)47-17-13-20-49(38-47)74-58-26-8-4-21-50(58)51-22-5-9-27-59(51)74/h1-41H. The molecular formula is C69H41N5O2. The molecule has 0 spiro atoms. The maximum atomic E-state index is 6.67. The summed E-state index contributed by atoms with van der Waals surface area (Å²) in [5, 5.41) is 8.92. The molecule has 16 aromatic rings. The van der Waals surface area contributed by atoms with Crippen molar-refractivity contribution >= 4 is 87.5 Å². The van der Waals surface area contributed by atoms with Crippen molar-refractivity contribution in [3.8, 4) is 67.8 Å². The summed E-state index contributed by atoms with van der Waals surface area (Å²) in [4.78, 5) is 16.1. The van der Waals surface area contributed by atoms with Crippen LogP contribution in [0.5, 0.6) is 0 Å². The number of furan rings is 2. The highest BCUT2D eigenvalue weighted by molar-refractivity contribution is 6.14. The minimum atomic E-state index is 0.546. The third-order valence-corrected chi connectivity index (χ3v) is 15.2. The largest absolute Gasteiger partial charge is 0.456 e. The predicted octanol–water partition coefficient (Wildman–Crippen LogP) is 18.2. The molecule has 0 saturated carbocycles. The number of nitrogens with zero attached hydrogens (tertiary/aromatic N) is 5. The lowest BCUT2D eigenvalue weighted by molar-refractivity contribution is 0.668. The molecule has 0 aliphatic rings.